The first-order valence-electron chi connectivity index (χ1n) is 7.16. The van der Waals surface area contributed by atoms with E-state index in [0.29, 0.717) is 16.2 Å². The molecule has 0 saturated heterocycles. The van der Waals surface area contributed by atoms with Crippen LogP contribution < -0.4 is 0 Å². The fourth-order valence-electron chi connectivity index (χ4n) is 5.42. The van der Waals surface area contributed by atoms with Crippen LogP contribution in [0.2, 0.25) is 0 Å². The quantitative estimate of drug-likeness (QED) is 0.835. The molecule has 0 amide bonds. The van der Waals surface area contributed by atoms with Gasteiger partial charge in [-0.15, -0.1) is 0 Å². The summed E-state index contributed by atoms with van der Waals surface area (Å²) in [6, 6.07) is 0.424. The maximum Gasteiger partial charge on any atom is 0.238 e. The zero-order valence-electron chi connectivity index (χ0n) is 10.8. The number of nitrogens with one attached hydrogen (secondary N) is 1. The van der Waals surface area contributed by atoms with Crippen LogP contribution >= 0.6 is 12.2 Å². The predicted molar refractivity (Wildman–Crippen MR) is 70.5 cm³/mol. The van der Waals surface area contributed by atoms with Crippen LogP contribution in [-0.4, -0.2) is 20.2 Å². The molecule has 4 fully saturated rings. The highest BCUT2D eigenvalue weighted by molar-refractivity contribution is 7.71. The molecule has 1 atom stereocenters. The van der Waals surface area contributed by atoms with E-state index >= 15 is 0 Å². The van der Waals surface area contributed by atoms with Crippen molar-refractivity contribution in [3.05, 3.63) is 4.77 Å². The Bertz CT molecular complexity index is 482. The summed E-state index contributed by atoms with van der Waals surface area (Å²) in [6.07, 6.45) is 8.62. The van der Waals surface area contributed by atoms with Crippen molar-refractivity contribution in [2.75, 3.05) is 0 Å². The van der Waals surface area contributed by atoms with Crippen molar-refractivity contribution in [3.63, 3.8) is 0 Å². The first kappa shape index (κ1) is 11.1. The summed E-state index contributed by atoms with van der Waals surface area (Å²) in [5.41, 5.74) is 0.460. The van der Waals surface area contributed by atoms with Gasteiger partial charge in [-0.25, -0.2) is 4.68 Å². The van der Waals surface area contributed by atoms with E-state index in [2.05, 4.69) is 22.4 Å². The molecule has 4 bridgehead atoms. The smallest absolute Gasteiger partial charge is 0.238 e. The van der Waals surface area contributed by atoms with Crippen LogP contribution in [0.1, 0.15) is 51.5 Å². The van der Waals surface area contributed by atoms with Gasteiger partial charge in [0.05, 0.1) is 6.04 Å². The predicted octanol–water partition coefficient (Wildman–Crippen LogP) is 3.11. The van der Waals surface area contributed by atoms with Gasteiger partial charge in [0, 0.05) is 0 Å². The summed E-state index contributed by atoms with van der Waals surface area (Å²) >= 11 is 5.27. The Kier molecular flexibility index (Phi) is 2.26. The molecule has 0 aromatic carbocycles. The summed E-state index contributed by atoms with van der Waals surface area (Å²) < 4.78 is 2.63. The highest BCUT2D eigenvalue weighted by Crippen LogP contribution is 2.63. The fourth-order valence-corrected chi connectivity index (χ4v) is 5.66. The average molecular weight is 264 g/mol. The third kappa shape index (κ3) is 1.46. The van der Waals surface area contributed by atoms with Crippen LogP contribution in [0, 0.1) is 27.9 Å². The van der Waals surface area contributed by atoms with Gasteiger partial charge >= 0.3 is 0 Å². The van der Waals surface area contributed by atoms with Crippen LogP contribution in [-0.2, 0) is 0 Å². The number of tetrazole rings is 1. The van der Waals surface area contributed by atoms with Gasteiger partial charge in [-0.3, -0.25) is 0 Å². The summed E-state index contributed by atoms with van der Waals surface area (Å²) in [5, 5.41) is 10.8. The standard InChI is InChI=1S/C13H20N4S/c1-8(17-12(18)14-15-16-17)13-5-9-2-10(6-13)4-11(3-9)7-13/h8-11H,2-7H2,1H3,(H,14,16,18). The molecule has 4 saturated carbocycles. The van der Waals surface area contributed by atoms with E-state index in [0.717, 1.165) is 17.8 Å². The lowest BCUT2D eigenvalue weighted by Crippen LogP contribution is -2.49. The Morgan fingerprint density at radius 1 is 1.22 bits per heavy atom. The average Bonchev–Trinajstić information content (AvgIpc) is 2.72. The van der Waals surface area contributed by atoms with Gasteiger partial charge in [0.25, 0.3) is 0 Å². The van der Waals surface area contributed by atoms with Crippen molar-refractivity contribution in [1.82, 2.24) is 20.2 Å². The van der Waals surface area contributed by atoms with E-state index in [4.69, 9.17) is 12.2 Å². The monoisotopic (exact) mass is 264 g/mol. The number of nitrogens with zero attached hydrogens (tertiary/aromatic N) is 3. The highest BCUT2D eigenvalue weighted by Gasteiger charge is 2.53. The second-order valence-electron chi connectivity index (χ2n) is 6.91. The molecule has 0 spiro atoms. The highest BCUT2D eigenvalue weighted by atomic mass is 32.1. The maximum atomic E-state index is 5.27. The summed E-state index contributed by atoms with van der Waals surface area (Å²) in [4.78, 5) is 0. The van der Waals surface area contributed by atoms with Crippen LogP contribution in [0.4, 0.5) is 0 Å². The van der Waals surface area contributed by atoms with Gasteiger partial charge < -0.3 is 0 Å². The minimum atomic E-state index is 0.424. The Labute approximate surface area is 112 Å². The molecular weight excluding hydrogens is 244 g/mol. The summed E-state index contributed by atoms with van der Waals surface area (Å²) in [6.45, 7) is 2.31. The molecule has 0 radical (unpaired) electrons. The van der Waals surface area contributed by atoms with Crippen LogP contribution in [0.3, 0.4) is 0 Å². The molecule has 18 heavy (non-hydrogen) atoms. The summed E-state index contributed by atoms with van der Waals surface area (Å²) in [5.74, 6) is 2.93. The van der Waals surface area contributed by atoms with Gasteiger partial charge in [-0.1, -0.05) is 10.3 Å². The topological polar surface area (TPSA) is 46.5 Å². The molecular formula is C13H20N4S. The van der Waals surface area contributed by atoms with Crippen molar-refractivity contribution in [2.24, 2.45) is 23.2 Å². The molecule has 1 heterocycles. The van der Waals surface area contributed by atoms with E-state index in [1.165, 1.54) is 38.5 Å². The van der Waals surface area contributed by atoms with Crippen LogP contribution in [0.25, 0.3) is 0 Å². The number of hydrogen-bond donors (Lipinski definition) is 1. The maximum absolute atomic E-state index is 5.27. The van der Waals surface area contributed by atoms with E-state index in [1.807, 2.05) is 4.68 Å². The van der Waals surface area contributed by atoms with Crippen molar-refractivity contribution in [2.45, 2.75) is 51.5 Å². The molecule has 4 aliphatic carbocycles. The molecule has 5 rings (SSSR count). The van der Waals surface area contributed by atoms with Gasteiger partial charge in [0.1, 0.15) is 0 Å². The van der Waals surface area contributed by atoms with Crippen molar-refractivity contribution < 1.29 is 0 Å². The zero-order valence-corrected chi connectivity index (χ0v) is 11.6. The molecule has 1 unspecified atom stereocenters. The molecule has 4 nitrogen and oxygen atoms in total. The lowest BCUT2D eigenvalue weighted by molar-refractivity contribution is -0.0816. The molecule has 5 heteroatoms. The molecule has 1 N–H and O–H groups in total. The first-order chi connectivity index (χ1) is 8.66. The third-order valence-corrected chi connectivity index (χ3v) is 6.13. The minimum absolute atomic E-state index is 0.424. The fraction of sp³-hybridized carbons (Fsp3) is 0.923. The molecule has 1 aromatic heterocycles. The van der Waals surface area contributed by atoms with E-state index in [9.17, 15) is 0 Å². The Hall–Kier alpha value is -0.710. The minimum Gasteiger partial charge on any atom is -0.239 e. The number of rotatable bonds is 2. The summed E-state index contributed by atoms with van der Waals surface area (Å²) in [7, 11) is 0. The molecule has 0 aliphatic heterocycles. The lowest BCUT2D eigenvalue weighted by atomic mass is 9.48. The third-order valence-electron chi connectivity index (χ3n) is 5.85. The van der Waals surface area contributed by atoms with Crippen LogP contribution in [0.15, 0.2) is 0 Å². The van der Waals surface area contributed by atoms with E-state index < -0.39 is 0 Å². The van der Waals surface area contributed by atoms with E-state index in [1.54, 1.807) is 0 Å². The van der Waals surface area contributed by atoms with Gasteiger partial charge in [-0.2, -0.15) is 5.21 Å². The number of aromatic nitrogens is 4. The Morgan fingerprint density at radius 3 is 2.22 bits per heavy atom. The number of aromatic amines is 1. The second kappa shape index (κ2) is 3.65. The Morgan fingerprint density at radius 2 is 1.78 bits per heavy atom. The van der Waals surface area contributed by atoms with Crippen molar-refractivity contribution in [1.29, 1.82) is 0 Å². The molecule has 98 valence electrons. The number of H-pyrrole nitrogens is 1. The second-order valence-corrected chi connectivity index (χ2v) is 7.27. The zero-order chi connectivity index (χ0) is 12.3. The largest absolute Gasteiger partial charge is 0.239 e. The normalized spacial score (nSPS) is 43.3. The van der Waals surface area contributed by atoms with E-state index in [-0.39, 0.29) is 0 Å². The molecule has 4 aliphatic rings. The first-order valence-corrected chi connectivity index (χ1v) is 7.57. The van der Waals surface area contributed by atoms with Gasteiger partial charge in [0.2, 0.25) is 4.77 Å². The van der Waals surface area contributed by atoms with Gasteiger partial charge in [0.15, 0.2) is 0 Å². The van der Waals surface area contributed by atoms with Crippen LogP contribution in [0.5, 0.6) is 0 Å². The lowest BCUT2D eigenvalue weighted by Gasteiger charge is -2.58. The van der Waals surface area contributed by atoms with Crippen molar-refractivity contribution in [3.8, 4) is 0 Å². The SMILES string of the molecule is CC(n1[nH]nnc1=S)C12CC3CC(CC(C3)C1)C2. The Balaban J connectivity index is 1.71. The molecule has 1 aromatic rings. The van der Waals surface area contributed by atoms with Crippen molar-refractivity contribution >= 4 is 12.2 Å². The van der Waals surface area contributed by atoms with Gasteiger partial charge in [-0.05, 0) is 80.8 Å². The number of hydrogen-bond acceptors (Lipinski definition) is 3.